The predicted molar refractivity (Wildman–Crippen MR) is 179 cm³/mol. The predicted octanol–water partition coefficient (Wildman–Crippen LogP) is 6.64. The van der Waals surface area contributed by atoms with Crippen molar-refractivity contribution in [3.8, 4) is 5.75 Å². The number of allylic oxidation sites excluding steroid dienone is 4. The number of fused-ring (bicyclic) bond motifs is 2. The Kier molecular flexibility index (Phi) is 10.4. The van der Waals surface area contributed by atoms with Crippen LogP contribution in [0.4, 0.5) is 0 Å². The highest BCUT2D eigenvalue weighted by atomic mass is 35.5. The van der Waals surface area contributed by atoms with Crippen LogP contribution >= 0.6 is 11.6 Å². The molecule has 9 heteroatoms. The number of esters is 1. The molecule has 10 unspecified atom stereocenters. The van der Waals surface area contributed by atoms with Crippen LogP contribution in [0.5, 0.6) is 5.75 Å². The lowest BCUT2D eigenvalue weighted by Gasteiger charge is -2.50. The molecular weight excluding hydrogens is 620 g/mol. The van der Waals surface area contributed by atoms with E-state index < -0.39 is 41.6 Å². The van der Waals surface area contributed by atoms with Gasteiger partial charge in [0, 0.05) is 24.3 Å². The molecule has 3 saturated heterocycles. The van der Waals surface area contributed by atoms with Gasteiger partial charge in [-0.3, -0.25) is 4.79 Å². The molecule has 0 radical (unpaired) electrons. The first-order valence-electron chi connectivity index (χ1n) is 17.2. The topological polar surface area (TPSA) is 104 Å². The van der Waals surface area contributed by atoms with E-state index in [1.165, 1.54) is 5.57 Å². The van der Waals surface area contributed by atoms with Crippen molar-refractivity contribution in [2.24, 2.45) is 17.8 Å². The number of rotatable bonds is 4. The number of benzene rings is 1. The molecule has 4 heterocycles. The molecule has 1 aliphatic carbocycles. The number of hydrogen-bond acceptors (Lipinski definition) is 8. The molecule has 0 amide bonds. The number of hydrogen-bond donors (Lipinski definition) is 2. The summed E-state index contributed by atoms with van der Waals surface area (Å²) in [6, 6.07) is 6.91. The van der Waals surface area contributed by atoms with Crippen LogP contribution in [-0.2, 0) is 23.7 Å². The van der Waals surface area contributed by atoms with Crippen molar-refractivity contribution in [2.75, 3.05) is 13.2 Å². The number of aliphatic hydroxyl groups excluding tert-OH is 1. The van der Waals surface area contributed by atoms with Crippen molar-refractivity contribution in [1.29, 1.82) is 0 Å². The van der Waals surface area contributed by atoms with Gasteiger partial charge < -0.3 is 33.9 Å². The zero-order valence-electron chi connectivity index (χ0n) is 27.9. The van der Waals surface area contributed by atoms with Gasteiger partial charge in [0.2, 0.25) is 0 Å². The third-order valence-electron chi connectivity index (χ3n) is 10.6. The van der Waals surface area contributed by atoms with Crippen molar-refractivity contribution in [1.82, 2.24) is 0 Å². The van der Waals surface area contributed by atoms with Crippen molar-refractivity contribution >= 4 is 17.6 Å². The number of ether oxygens (including phenoxy) is 5. The third kappa shape index (κ3) is 7.29. The summed E-state index contributed by atoms with van der Waals surface area (Å²) < 4.78 is 31.8. The van der Waals surface area contributed by atoms with Gasteiger partial charge in [-0.05, 0) is 79.9 Å². The Morgan fingerprint density at radius 1 is 1.13 bits per heavy atom. The van der Waals surface area contributed by atoms with Crippen LogP contribution in [0.3, 0.4) is 0 Å². The molecule has 0 saturated carbocycles. The highest BCUT2D eigenvalue weighted by Gasteiger charge is 2.60. The van der Waals surface area contributed by atoms with E-state index in [1.807, 2.05) is 12.2 Å². The molecule has 2 bridgehead atoms. The smallest absolute Gasteiger partial charge is 0.316 e. The molecule has 256 valence electrons. The first-order chi connectivity index (χ1) is 22.5. The Labute approximate surface area is 283 Å². The minimum Gasteiger partial charge on any atom is -0.489 e. The van der Waals surface area contributed by atoms with Gasteiger partial charge in [-0.2, -0.15) is 0 Å². The molecule has 8 nitrogen and oxygen atoms in total. The molecule has 47 heavy (non-hydrogen) atoms. The molecule has 2 N–H and O–H groups in total. The highest BCUT2D eigenvalue weighted by molar-refractivity contribution is 6.30. The summed E-state index contributed by atoms with van der Waals surface area (Å²) in [6.45, 7) is 8.72. The summed E-state index contributed by atoms with van der Waals surface area (Å²) in [7, 11) is 0. The minimum atomic E-state index is -1.80. The second-order valence-electron chi connectivity index (χ2n) is 14.2. The van der Waals surface area contributed by atoms with Gasteiger partial charge in [0.15, 0.2) is 5.79 Å². The fourth-order valence-electron chi connectivity index (χ4n) is 7.96. The van der Waals surface area contributed by atoms with Crippen LogP contribution in [0, 0.1) is 17.8 Å². The standard InChI is InChI=1S/C38H49ClO8/c1-5-33-25(4)15-16-37(47-33)20-31-19-30(46-37)12-9-24(3)17-23(2)7-6-8-27-22-44-35-34(40)26(18-32(36(41)45-31)38(27,35)42)21-43-29-13-10-28(39)11-14-29/h6-11,13-14,18,23,25,30-35,40,42H,5,12,15-17,19-22H2,1-4H3/b7-6+,24-9+,27-8+. The second-order valence-corrected chi connectivity index (χ2v) is 14.7. The maximum absolute atomic E-state index is 14.3. The first kappa shape index (κ1) is 34.4. The van der Waals surface area contributed by atoms with Gasteiger partial charge >= 0.3 is 5.97 Å². The molecule has 3 fully saturated rings. The maximum atomic E-state index is 14.3. The average molecular weight is 669 g/mol. The van der Waals surface area contributed by atoms with Gasteiger partial charge in [0.25, 0.3) is 0 Å². The van der Waals surface area contributed by atoms with Crippen LogP contribution in [0.25, 0.3) is 0 Å². The summed E-state index contributed by atoms with van der Waals surface area (Å²) in [6.07, 6.45) is 11.9. The quantitative estimate of drug-likeness (QED) is 0.272. The third-order valence-corrected chi connectivity index (χ3v) is 10.8. The molecule has 1 aromatic carbocycles. The highest BCUT2D eigenvalue weighted by Crippen LogP contribution is 2.47. The summed E-state index contributed by atoms with van der Waals surface area (Å²) in [5.74, 6) is -1.30. The molecule has 1 aromatic rings. The lowest BCUT2D eigenvalue weighted by Crippen LogP contribution is -2.59. The molecule has 1 spiro atoms. The molecule has 10 atom stereocenters. The van der Waals surface area contributed by atoms with E-state index in [-0.39, 0.29) is 31.3 Å². The van der Waals surface area contributed by atoms with Gasteiger partial charge in [-0.15, -0.1) is 0 Å². The number of aliphatic hydroxyl groups is 2. The fraction of sp³-hybridized carbons (Fsp3) is 0.605. The monoisotopic (exact) mass is 668 g/mol. The molecular formula is C38H49ClO8. The van der Waals surface area contributed by atoms with Crippen molar-refractivity contribution in [3.05, 3.63) is 76.4 Å². The van der Waals surface area contributed by atoms with Crippen LogP contribution in [0.1, 0.15) is 72.6 Å². The van der Waals surface area contributed by atoms with Crippen LogP contribution < -0.4 is 4.74 Å². The largest absolute Gasteiger partial charge is 0.489 e. The van der Waals surface area contributed by atoms with E-state index in [1.54, 1.807) is 30.3 Å². The van der Waals surface area contributed by atoms with E-state index in [4.69, 9.17) is 35.3 Å². The van der Waals surface area contributed by atoms with Crippen LogP contribution in [-0.4, -0.2) is 71.3 Å². The van der Waals surface area contributed by atoms with E-state index >= 15 is 0 Å². The normalized spacial score (nSPS) is 42.3. The van der Waals surface area contributed by atoms with Gasteiger partial charge in [0.1, 0.15) is 42.2 Å². The van der Waals surface area contributed by atoms with E-state index in [9.17, 15) is 15.0 Å². The summed E-state index contributed by atoms with van der Waals surface area (Å²) in [4.78, 5) is 14.3. The van der Waals surface area contributed by atoms with E-state index in [0.29, 0.717) is 47.1 Å². The van der Waals surface area contributed by atoms with E-state index in [2.05, 4.69) is 39.8 Å². The molecule has 6 rings (SSSR count). The number of carbonyl (C=O) groups is 1. The Morgan fingerprint density at radius 3 is 2.68 bits per heavy atom. The first-order valence-corrected chi connectivity index (χ1v) is 17.6. The maximum Gasteiger partial charge on any atom is 0.316 e. The zero-order chi connectivity index (χ0) is 33.3. The second kappa shape index (κ2) is 14.2. The minimum absolute atomic E-state index is 0.00243. The number of carbonyl (C=O) groups excluding carboxylic acids is 1. The Balaban J connectivity index is 1.35. The molecule has 0 aromatic heterocycles. The fourth-order valence-corrected chi connectivity index (χ4v) is 8.09. The average Bonchev–Trinajstić information content (AvgIpc) is 3.38. The number of halogens is 1. The van der Waals surface area contributed by atoms with Crippen LogP contribution in [0.2, 0.25) is 5.02 Å². The molecule has 4 aliphatic heterocycles. The Morgan fingerprint density at radius 2 is 1.91 bits per heavy atom. The van der Waals surface area contributed by atoms with Crippen molar-refractivity contribution in [2.45, 2.75) is 115 Å². The van der Waals surface area contributed by atoms with Crippen molar-refractivity contribution in [3.63, 3.8) is 0 Å². The summed E-state index contributed by atoms with van der Waals surface area (Å²) in [5, 5.41) is 24.4. The molecule has 5 aliphatic rings. The van der Waals surface area contributed by atoms with Gasteiger partial charge in [-0.1, -0.05) is 68.3 Å². The lowest BCUT2D eigenvalue weighted by atomic mass is 9.70. The van der Waals surface area contributed by atoms with E-state index in [0.717, 1.165) is 25.7 Å². The summed E-state index contributed by atoms with van der Waals surface area (Å²) in [5.41, 5.74) is 0.429. The zero-order valence-corrected chi connectivity index (χ0v) is 28.7. The Bertz CT molecular complexity index is 1420. The van der Waals surface area contributed by atoms with Crippen molar-refractivity contribution < 1.29 is 38.7 Å². The van der Waals surface area contributed by atoms with Crippen LogP contribution in [0.15, 0.2) is 71.4 Å². The van der Waals surface area contributed by atoms with Gasteiger partial charge in [-0.25, -0.2) is 0 Å². The lowest BCUT2D eigenvalue weighted by molar-refractivity contribution is -0.335. The van der Waals surface area contributed by atoms with Gasteiger partial charge in [0.05, 0.1) is 18.8 Å². The Hall–Kier alpha value is -2.46. The summed E-state index contributed by atoms with van der Waals surface area (Å²) >= 11 is 6.03. The SMILES string of the molecule is CCC1OC2(CCC1C)CC1CC(C/C=C(\C)CC(C)/C=C/C=C3\COC4C(O)C(COc5ccc(Cl)cc5)=CC(C(=O)O1)C34O)O2.